The Morgan fingerprint density at radius 2 is 0.641 bits per heavy atom. The first-order valence-electron chi connectivity index (χ1n) is 22.0. The van der Waals surface area contributed by atoms with Crippen LogP contribution in [-0.2, 0) is 0 Å². The highest BCUT2D eigenvalue weighted by molar-refractivity contribution is 7.26. The Labute approximate surface area is 373 Å². The fourth-order valence-electron chi connectivity index (χ4n) is 11.6. The minimum atomic E-state index is 1.23. The number of aromatic nitrogens is 2. The summed E-state index contributed by atoms with van der Waals surface area (Å²) in [5.41, 5.74) is 15.2. The molecule has 0 amide bonds. The molecule has 16 aromatic rings. The van der Waals surface area contributed by atoms with Gasteiger partial charge in [0.2, 0.25) is 0 Å². The molecule has 0 saturated heterocycles. The second-order valence-corrected chi connectivity index (χ2v) is 19.7. The summed E-state index contributed by atoms with van der Waals surface area (Å²) < 4.78 is 10.4. The van der Waals surface area contributed by atoms with Crippen molar-refractivity contribution in [1.29, 1.82) is 0 Å². The molecule has 0 saturated carbocycles. The van der Waals surface area contributed by atoms with Gasteiger partial charge in [-0.3, -0.25) is 0 Å². The molecule has 2 nitrogen and oxygen atoms in total. The van der Waals surface area contributed by atoms with Crippen molar-refractivity contribution in [3.63, 3.8) is 0 Å². The van der Waals surface area contributed by atoms with E-state index in [1.165, 1.54) is 150 Å². The lowest BCUT2D eigenvalue weighted by molar-refractivity contribution is 1.37. The average molecular weight is 845 g/mol. The van der Waals surface area contributed by atoms with Crippen LogP contribution in [0.1, 0.15) is 0 Å². The number of hydrogen-bond donors (Lipinski definition) is 0. The monoisotopic (exact) mass is 844 g/mol. The van der Waals surface area contributed by atoms with Gasteiger partial charge in [0.05, 0.1) is 33.1 Å². The summed E-state index contributed by atoms with van der Waals surface area (Å²) in [7, 11) is 0. The Hall–Kier alpha value is -7.76. The third-order valence-electron chi connectivity index (χ3n) is 14.4. The molecular formula is C60H32N2S2. The summed E-state index contributed by atoms with van der Waals surface area (Å²) in [5.74, 6) is 0. The molecule has 0 unspecified atom stereocenters. The topological polar surface area (TPSA) is 8.82 Å². The lowest BCUT2D eigenvalue weighted by Crippen LogP contribution is -1.84. The van der Waals surface area contributed by atoms with E-state index in [0.717, 1.165) is 0 Å². The molecule has 0 aliphatic heterocycles. The van der Waals surface area contributed by atoms with E-state index in [4.69, 9.17) is 0 Å². The molecule has 0 radical (unpaired) electrons. The maximum Gasteiger partial charge on any atom is 0.0620 e. The van der Waals surface area contributed by atoms with Crippen molar-refractivity contribution >= 4 is 139 Å². The van der Waals surface area contributed by atoms with Gasteiger partial charge in [0.15, 0.2) is 0 Å². The van der Waals surface area contributed by atoms with E-state index in [1.807, 2.05) is 22.7 Å². The molecule has 64 heavy (non-hydrogen) atoms. The van der Waals surface area contributed by atoms with Crippen LogP contribution >= 0.6 is 22.7 Å². The van der Waals surface area contributed by atoms with Gasteiger partial charge in [-0.05, 0) is 106 Å². The average Bonchev–Trinajstić information content (AvgIpc) is 4.20. The van der Waals surface area contributed by atoms with Gasteiger partial charge in [-0.25, -0.2) is 0 Å². The maximum absolute atomic E-state index is 2.54. The van der Waals surface area contributed by atoms with Crippen LogP contribution in [0.3, 0.4) is 0 Å². The molecule has 10 aromatic carbocycles. The molecule has 0 aliphatic rings. The molecule has 0 fully saturated rings. The highest BCUT2D eigenvalue weighted by atomic mass is 32.1. The molecule has 0 spiro atoms. The zero-order chi connectivity index (χ0) is 41.4. The lowest BCUT2D eigenvalue weighted by Gasteiger charge is -2.08. The summed E-state index contributed by atoms with van der Waals surface area (Å²) in [4.78, 5) is 0. The Bertz CT molecular complexity index is 4590. The molecule has 16 rings (SSSR count). The van der Waals surface area contributed by atoms with Crippen LogP contribution < -0.4 is 0 Å². The highest BCUT2D eigenvalue weighted by Crippen LogP contribution is 2.48. The van der Waals surface area contributed by atoms with Crippen LogP contribution in [0.25, 0.3) is 150 Å². The van der Waals surface area contributed by atoms with Gasteiger partial charge in [0.25, 0.3) is 0 Å². The quantitative estimate of drug-likeness (QED) is 0.168. The van der Waals surface area contributed by atoms with Crippen LogP contribution in [0.15, 0.2) is 194 Å². The SMILES string of the molecule is c1ccc2c(c1)sc1c(-c3ccc4c(c3)c3cc(-c5cccc6c5sc5ccccc56)cc5c6cc(-c7cc8c9ccccc9n9c%10ccccc%10c(c7)c89)ccc6n4c53)cccc12. The second kappa shape index (κ2) is 12.0. The van der Waals surface area contributed by atoms with Crippen LogP contribution in [0.2, 0.25) is 0 Å². The van der Waals surface area contributed by atoms with E-state index in [0.29, 0.717) is 0 Å². The first-order valence-corrected chi connectivity index (χ1v) is 23.6. The first-order chi connectivity index (χ1) is 31.7. The van der Waals surface area contributed by atoms with Gasteiger partial charge in [-0.1, -0.05) is 121 Å². The van der Waals surface area contributed by atoms with E-state index >= 15 is 0 Å². The highest BCUT2D eigenvalue weighted by Gasteiger charge is 2.23. The van der Waals surface area contributed by atoms with Crippen molar-refractivity contribution < 1.29 is 0 Å². The normalized spacial score (nSPS) is 12.7. The van der Waals surface area contributed by atoms with Crippen LogP contribution in [-0.4, -0.2) is 8.80 Å². The summed E-state index contributed by atoms with van der Waals surface area (Å²) in [6.45, 7) is 0. The fourth-order valence-corrected chi connectivity index (χ4v) is 14.1. The van der Waals surface area contributed by atoms with Gasteiger partial charge < -0.3 is 8.80 Å². The molecule has 0 atom stereocenters. The van der Waals surface area contributed by atoms with Gasteiger partial charge in [-0.2, -0.15) is 0 Å². The molecule has 294 valence electrons. The molecule has 4 heteroatoms. The minimum Gasteiger partial charge on any atom is -0.308 e. The van der Waals surface area contributed by atoms with E-state index in [-0.39, 0.29) is 0 Å². The van der Waals surface area contributed by atoms with Crippen molar-refractivity contribution in [2.24, 2.45) is 0 Å². The standard InChI is InChI=1S/C60H32N2S2/c1-5-19-51-39(11-1)47-29-35(30-48-40-12-2-6-20-52(40)61(51)57(47)48)33-23-25-53-45(27-33)49-31-36(38-16-10-18-44-42-14-4-8-22-56(42)64-60(38)44)32-50-46-28-34(24-26-54(46)62(53)58(49)50)37-15-9-17-43-41-13-3-7-21-55(41)63-59(37)43/h1-32H. The number of hydrogen-bond acceptors (Lipinski definition) is 2. The Morgan fingerprint density at radius 3 is 1.20 bits per heavy atom. The van der Waals surface area contributed by atoms with Gasteiger partial charge in [0.1, 0.15) is 0 Å². The third kappa shape index (κ3) is 4.25. The molecule has 6 aromatic heterocycles. The number of benzene rings is 10. The molecule has 0 N–H and O–H groups in total. The van der Waals surface area contributed by atoms with Crippen LogP contribution in [0.5, 0.6) is 0 Å². The van der Waals surface area contributed by atoms with Gasteiger partial charge in [0, 0.05) is 83.4 Å². The van der Waals surface area contributed by atoms with Gasteiger partial charge >= 0.3 is 0 Å². The summed E-state index contributed by atoms with van der Waals surface area (Å²) in [6.07, 6.45) is 0. The Morgan fingerprint density at radius 1 is 0.250 bits per heavy atom. The summed E-state index contributed by atoms with van der Waals surface area (Å²) in [6, 6.07) is 73.3. The maximum atomic E-state index is 2.54. The van der Waals surface area contributed by atoms with E-state index in [1.54, 1.807) is 0 Å². The zero-order valence-corrected chi connectivity index (χ0v) is 35.8. The van der Waals surface area contributed by atoms with Crippen molar-refractivity contribution in [1.82, 2.24) is 8.80 Å². The van der Waals surface area contributed by atoms with Crippen LogP contribution in [0, 0.1) is 0 Å². The number of thiophene rings is 2. The molecule has 0 bridgehead atoms. The molecular weight excluding hydrogens is 813 g/mol. The lowest BCUT2D eigenvalue weighted by atomic mass is 9.95. The van der Waals surface area contributed by atoms with Crippen LogP contribution in [0.4, 0.5) is 0 Å². The Kier molecular flexibility index (Phi) is 6.35. The third-order valence-corrected chi connectivity index (χ3v) is 16.8. The second-order valence-electron chi connectivity index (χ2n) is 17.6. The number of rotatable bonds is 3. The largest absolute Gasteiger partial charge is 0.308 e. The minimum absolute atomic E-state index is 1.23. The van der Waals surface area contributed by atoms with Crippen molar-refractivity contribution in [3.8, 4) is 33.4 Å². The Balaban J connectivity index is 0.987. The number of para-hydroxylation sites is 2. The number of fused-ring (bicyclic) bond motifs is 18. The van der Waals surface area contributed by atoms with Crippen molar-refractivity contribution in [3.05, 3.63) is 194 Å². The van der Waals surface area contributed by atoms with Gasteiger partial charge in [-0.15, -0.1) is 22.7 Å². The fraction of sp³-hybridized carbons (Fsp3) is 0. The van der Waals surface area contributed by atoms with E-state index in [2.05, 4.69) is 203 Å². The molecule has 0 aliphatic carbocycles. The molecule has 6 heterocycles. The smallest absolute Gasteiger partial charge is 0.0620 e. The van der Waals surface area contributed by atoms with Crippen molar-refractivity contribution in [2.75, 3.05) is 0 Å². The van der Waals surface area contributed by atoms with E-state index in [9.17, 15) is 0 Å². The predicted molar refractivity (Wildman–Crippen MR) is 278 cm³/mol. The predicted octanol–water partition coefficient (Wildman–Crippen LogP) is 17.7. The zero-order valence-electron chi connectivity index (χ0n) is 34.2. The summed E-state index contributed by atoms with van der Waals surface area (Å²) in [5, 5.41) is 15.7. The van der Waals surface area contributed by atoms with Crippen molar-refractivity contribution in [2.45, 2.75) is 0 Å². The number of nitrogens with zero attached hydrogens (tertiary/aromatic N) is 2. The first kappa shape index (κ1) is 33.8. The van der Waals surface area contributed by atoms with E-state index < -0.39 is 0 Å². The summed E-state index contributed by atoms with van der Waals surface area (Å²) >= 11 is 3.81.